The second kappa shape index (κ2) is 7.53. The molecule has 0 aliphatic heterocycles. The Bertz CT molecular complexity index is 518. The summed E-state index contributed by atoms with van der Waals surface area (Å²) < 4.78 is 0. The summed E-state index contributed by atoms with van der Waals surface area (Å²) in [5, 5.41) is 18.5. The molecule has 0 amide bonds. The molecule has 1 rings (SSSR count). The van der Waals surface area contributed by atoms with E-state index in [1.54, 1.807) is 18.2 Å². The Kier molecular flexibility index (Phi) is 6.02. The first-order chi connectivity index (χ1) is 9.06. The summed E-state index contributed by atoms with van der Waals surface area (Å²) in [6, 6.07) is 9.10. The first-order valence-electron chi connectivity index (χ1n) is 5.55. The molecule has 100 valence electrons. The topological polar surface area (TPSA) is 74.6 Å². The molecular weight excluding hydrogens is 312 g/mol. The second-order valence-electron chi connectivity index (χ2n) is 3.69. The summed E-state index contributed by atoms with van der Waals surface area (Å²) in [6.07, 6.45) is 3.06. The fraction of sp³-hybridized carbons (Fsp3) is 0.143. The fourth-order valence-electron chi connectivity index (χ4n) is 1.50. The van der Waals surface area contributed by atoms with Crippen LogP contribution in [0.4, 0.5) is 0 Å². The monoisotopic (exact) mass is 324 g/mol. The third-order valence-corrected chi connectivity index (χ3v) is 2.80. The van der Waals surface area contributed by atoms with Crippen LogP contribution in [-0.4, -0.2) is 27.5 Å². The van der Waals surface area contributed by atoms with Gasteiger partial charge in [-0.25, -0.2) is 9.59 Å². The van der Waals surface area contributed by atoms with Gasteiger partial charge in [0, 0.05) is 5.33 Å². The Morgan fingerprint density at radius 2 is 1.74 bits per heavy atom. The molecule has 0 fully saturated rings. The van der Waals surface area contributed by atoms with Crippen molar-refractivity contribution in [3.05, 3.63) is 53.1 Å². The van der Waals surface area contributed by atoms with Gasteiger partial charge in [0.15, 0.2) is 0 Å². The Hall–Kier alpha value is -1.88. The van der Waals surface area contributed by atoms with E-state index in [2.05, 4.69) is 15.9 Å². The second-order valence-corrected chi connectivity index (χ2v) is 4.48. The third kappa shape index (κ3) is 4.71. The van der Waals surface area contributed by atoms with Crippen molar-refractivity contribution in [2.45, 2.75) is 6.42 Å². The van der Waals surface area contributed by atoms with E-state index in [9.17, 15) is 9.59 Å². The van der Waals surface area contributed by atoms with E-state index in [-0.39, 0.29) is 17.6 Å². The lowest BCUT2D eigenvalue weighted by Gasteiger charge is -2.03. The van der Waals surface area contributed by atoms with Crippen molar-refractivity contribution < 1.29 is 19.8 Å². The molecule has 0 spiro atoms. The molecule has 0 radical (unpaired) electrons. The fourth-order valence-corrected chi connectivity index (χ4v) is 1.89. The molecule has 2 N–H and O–H groups in total. The minimum Gasteiger partial charge on any atom is -0.478 e. The Labute approximate surface area is 119 Å². The molecule has 0 atom stereocenters. The van der Waals surface area contributed by atoms with Crippen LogP contribution >= 0.6 is 15.9 Å². The van der Waals surface area contributed by atoms with Gasteiger partial charge in [-0.05, 0) is 18.1 Å². The van der Waals surface area contributed by atoms with Crippen molar-refractivity contribution in [2.24, 2.45) is 0 Å². The van der Waals surface area contributed by atoms with Gasteiger partial charge in [0.05, 0.1) is 11.1 Å². The lowest BCUT2D eigenvalue weighted by Crippen LogP contribution is -2.10. The molecule has 1 aromatic carbocycles. The molecule has 0 aliphatic rings. The van der Waals surface area contributed by atoms with Crippen molar-refractivity contribution in [2.75, 3.05) is 5.33 Å². The summed E-state index contributed by atoms with van der Waals surface area (Å²) in [5.41, 5.74) is 0.497. The molecule has 0 bridgehead atoms. The van der Waals surface area contributed by atoms with Gasteiger partial charge in [-0.15, -0.1) is 0 Å². The van der Waals surface area contributed by atoms with Gasteiger partial charge in [0.2, 0.25) is 0 Å². The summed E-state index contributed by atoms with van der Waals surface area (Å²) in [7, 11) is 0. The first kappa shape index (κ1) is 15.2. The van der Waals surface area contributed by atoms with Crippen molar-refractivity contribution in [3.8, 4) is 0 Å². The number of alkyl halides is 1. The molecule has 5 heteroatoms. The smallest absolute Gasteiger partial charge is 0.336 e. The van der Waals surface area contributed by atoms with E-state index in [4.69, 9.17) is 10.2 Å². The lowest BCUT2D eigenvalue weighted by molar-refractivity contribution is -0.135. The van der Waals surface area contributed by atoms with E-state index in [1.807, 2.05) is 18.2 Å². The number of hydrogen-bond acceptors (Lipinski definition) is 2. The average Bonchev–Trinajstić information content (AvgIpc) is 2.38. The molecule has 0 saturated carbocycles. The highest BCUT2D eigenvalue weighted by molar-refractivity contribution is 9.09. The molecule has 0 unspecified atom stereocenters. The number of aliphatic carboxylic acids is 2. The van der Waals surface area contributed by atoms with Crippen molar-refractivity contribution >= 4 is 33.9 Å². The molecule has 4 nitrogen and oxygen atoms in total. The van der Waals surface area contributed by atoms with E-state index in [1.165, 1.54) is 6.08 Å². The lowest BCUT2D eigenvalue weighted by atomic mass is 10.0. The predicted octanol–water partition coefficient (Wildman–Crippen LogP) is 2.95. The van der Waals surface area contributed by atoms with Crippen molar-refractivity contribution in [1.29, 1.82) is 0 Å². The molecule has 0 heterocycles. The number of halogens is 1. The Morgan fingerprint density at radius 1 is 1.11 bits per heavy atom. The molecular formula is C14H13BrO4. The van der Waals surface area contributed by atoms with Crippen LogP contribution in [0.2, 0.25) is 0 Å². The molecule has 0 saturated heterocycles. The van der Waals surface area contributed by atoms with Gasteiger partial charge in [-0.1, -0.05) is 52.3 Å². The Morgan fingerprint density at radius 3 is 2.21 bits per heavy atom. The third-order valence-electron chi connectivity index (χ3n) is 2.40. The highest BCUT2D eigenvalue weighted by Gasteiger charge is 2.17. The molecule has 0 aromatic heterocycles. The maximum absolute atomic E-state index is 11.2. The summed E-state index contributed by atoms with van der Waals surface area (Å²) in [4.78, 5) is 22.2. The SMILES string of the molecule is O=C(O)C(C=Cc1ccccc1)=C(CCBr)C(=O)O. The zero-order valence-electron chi connectivity index (χ0n) is 10.0. The van der Waals surface area contributed by atoms with E-state index < -0.39 is 11.9 Å². The van der Waals surface area contributed by atoms with Crippen LogP contribution in [0.25, 0.3) is 6.08 Å². The average molecular weight is 325 g/mol. The standard InChI is InChI=1S/C14H13BrO4/c15-9-8-12(14(18)19)11(13(16)17)7-6-10-4-2-1-3-5-10/h1-7H,8-9H2,(H,16,17)(H,18,19). The maximum atomic E-state index is 11.2. The summed E-state index contributed by atoms with van der Waals surface area (Å²) in [6.45, 7) is 0. The predicted molar refractivity (Wildman–Crippen MR) is 76.2 cm³/mol. The summed E-state index contributed by atoms with van der Waals surface area (Å²) in [5.74, 6) is -2.46. The number of carboxylic acids is 2. The van der Waals surface area contributed by atoms with Crippen LogP contribution in [-0.2, 0) is 9.59 Å². The zero-order valence-corrected chi connectivity index (χ0v) is 11.6. The van der Waals surface area contributed by atoms with Crippen LogP contribution in [0.1, 0.15) is 12.0 Å². The number of benzene rings is 1. The van der Waals surface area contributed by atoms with E-state index in [0.29, 0.717) is 5.33 Å². The summed E-state index contributed by atoms with van der Waals surface area (Å²) >= 11 is 3.12. The van der Waals surface area contributed by atoms with Crippen LogP contribution < -0.4 is 0 Å². The van der Waals surface area contributed by atoms with E-state index in [0.717, 1.165) is 5.56 Å². The number of carbonyl (C=O) groups is 2. The van der Waals surface area contributed by atoms with Gasteiger partial charge in [0.1, 0.15) is 0 Å². The molecule has 1 aromatic rings. The highest BCUT2D eigenvalue weighted by Crippen LogP contribution is 2.15. The van der Waals surface area contributed by atoms with Gasteiger partial charge in [-0.2, -0.15) is 0 Å². The van der Waals surface area contributed by atoms with E-state index >= 15 is 0 Å². The number of rotatable bonds is 6. The van der Waals surface area contributed by atoms with Crippen LogP contribution in [0.3, 0.4) is 0 Å². The minimum absolute atomic E-state index is 0.114. The first-order valence-corrected chi connectivity index (χ1v) is 6.67. The normalized spacial score (nSPS) is 12.3. The zero-order chi connectivity index (χ0) is 14.3. The van der Waals surface area contributed by atoms with Gasteiger partial charge >= 0.3 is 11.9 Å². The van der Waals surface area contributed by atoms with Gasteiger partial charge in [0.25, 0.3) is 0 Å². The van der Waals surface area contributed by atoms with Crippen LogP contribution in [0.5, 0.6) is 0 Å². The molecule has 0 aliphatic carbocycles. The number of hydrogen-bond donors (Lipinski definition) is 2. The van der Waals surface area contributed by atoms with Crippen LogP contribution in [0, 0.1) is 0 Å². The maximum Gasteiger partial charge on any atom is 0.336 e. The van der Waals surface area contributed by atoms with Crippen molar-refractivity contribution in [3.63, 3.8) is 0 Å². The molecule has 19 heavy (non-hydrogen) atoms. The van der Waals surface area contributed by atoms with Gasteiger partial charge in [-0.3, -0.25) is 0 Å². The highest BCUT2D eigenvalue weighted by atomic mass is 79.9. The van der Waals surface area contributed by atoms with Crippen molar-refractivity contribution in [1.82, 2.24) is 0 Å². The van der Waals surface area contributed by atoms with Gasteiger partial charge < -0.3 is 10.2 Å². The quantitative estimate of drug-likeness (QED) is 0.479. The Balaban J connectivity index is 3.14. The largest absolute Gasteiger partial charge is 0.478 e. The number of carboxylic acid groups (broad SMARTS) is 2. The minimum atomic E-state index is -1.24. The van der Waals surface area contributed by atoms with Crippen LogP contribution in [0.15, 0.2) is 47.6 Å².